The zero-order valence-electron chi connectivity index (χ0n) is 10.4. The summed E-state index contributed by atoms with van der Waals surface area (Å²) in [5, 5.41) is 5.77. The molecule has 0 saturated carbocycles. The molecule has 0 radical (unpaired) electrons. The van der Waals surface area contributed by atoms with Gasteiger partial charge in [-0.2, -0.15) is 0 Å². The second kappa shape index (κ2) is 4.53. The summed E-state index contributed by atoms with van der Waals surface area (Å²) in [6, 6.07) is 23.4. The Hall–Kier alpha value is -2.28. The van der Waals surface area contributed by atoms with Crippen molar-refractivity contribution in [3.63, 3.8) is 0 Å². The van der Waals surface area contributed by atoms with Gasteiger partial charge >= 0.3 is 0 Å². The largest absolute Gasteiger partial charge is 0.388 e. The monoisotopic (exact) mass is 233 g/mol. The van der Waals surface area contributed by atoms with Crippen molar-refractivity contribution in [3.05, 3.63) is 66.7 Å². The van der Waals surface area contributed by atoms with E-state index in [2.05, 4.69) is 72.0 Å². The van der Waals surface area contributed by atoms with Gasteiger partial charge in [0.25, 0.3) is 0 Å². The normalized spacial score (nSPS) is 10.5. The first-order chi connectivity index (χ1) is 8.88. The number of hydrogen-bond donors (Lipinski definition) is 1. The Balaban J connectivity index is 2.24. The van der Waals surface area contributed by atoms with E-state index in [9.17, 15) is 0 Å². The summed E-state index contributed by atoms with van der Waals surface area (Å²) in [6.07, 6.45) is 0. The third kappa shape index (κ3) is 1.84. The number of anilines is 1. The minimum absolute atomic E-state index is 1.14. The van der Waals surface area contributed by atoms with E-state index in [0.717, 1.165) is 5.69 Å². The molecule has 3 aromatic rings. The third-order valence-corrected chi connectivity index (χ3v) is 3.25. The molecule has 0 fully saturated rings. The Morgan fingerprint density at radius 3 is 2.44 bits per heavy atom. The van der Waals surface area contributed by atoms with Crippen LogP contribution in [0.1, 0.15) is 0 Å². The lowest BCUT2D eigenvalue weighted by Gasteiger charge is -2.08. The van der Waals surface area contributed by atoms with Crippen LogP contribution < -0.4 is 5.32 Å². The summed E-state index contributed by atoms with van der Waals surface area (Å²) >= 11 is 0. The lowest BCUT2D eigenvalue weighted by Crippen LogP contribution is -1.88. The van der Waals surface area contributed by atoms with Gasteiger partial charge in [0.15, 0.2) is 0 Å². The molecule has 0 aliphatic rings. The predicted molar refractivity (Wildman–Crippen MR) is 78.9 cm³/mol. The number of hydrogen-bond acceptors (Lipinski definition) is 1. The molecule has 0 aliphatic carbocycles. The molecule has 1 heteroatoms. The highest BCUT2D eigenvalue weighted by Crippen LogP contribution is 2.29. The molecule has 0 aliphatic heterocycles. The maximum atomic E-state index is 3.19. The van der Waals surface area contributed by atoms with E-state index in [-0.39, 0.29) is 0 Å². The standard InChI is InChI=1S/C17H15N/c1-18-15-9-4-8-14(12-15)17-11-5-7-13-6-2-3-10-16(13)17/h2-12,18H,1H3. The van der Waals surface area contributed by atoms with Crippen molar-refractivity contribution >= 4 is 16.5 Å². The molecule has 1 N–H and O–H groups in total. The van der Waals surface area contributed by atoms with Crippen molar-refractivity contribution in [2.75, 3.05) is 12.4 Å². The van der Waals surface area contributed by atoms with Crippen LogP contribution in [0.5, 0.6) is 0 Å². The van der Waals surface area contributed by atoms with Crippen LogP contribution in [0, 0.1) is 0 Å². The van der Waals surface area contributed by atoms with Gasteiger partial charge in [-0.3, -0.25) is 0 Å². The van der Waals surface area contributed by atoms with E-state index in [1.807, 2.05) is 7.05 Å². The van der Waals surface area contributed by atoms with Gasteiger partial charge in [-0.1, -0.05) is 54.6 Å². The van der Waals surface area contributed by atoms with Gasteiger partial charge in [-0.05, 0) is 34.0 Å². The quantitative estimate of drug-likeness (QED) is 0.684. The summed E-state index contributed by atoms with van der Waals surface area (Å²) in [6.45, 7) is 0. The average Bonchev–Trinajstić information content (AvgIpc) is 2.47. The van der Waals surface area contributed by atoms with Crippen molar-refractivity contribution in [1.29, 1.82) is 0 Å². The minimum Gasteiger partial charge on any atom is -0.388 e. The minimum atomic E-state index is 1.14. The average molecular weight is 233 g/mol. The topological polar surface area (TPSA) is 12.0 Å². The maximum absolute atomic E-state index is 3.19. The van der Waals surface area contributed by atoms with E-state index in [1.54, 1.807) is 0 Å². The zero-order valence-corrected chi connectivity index (χ0v) is 10.4. The SMILES string of the molecule is CNc1cccc(-c2cccc3ccccc23)c1. The summed E-state index contributed by atoms with van der Waals surface area (Å²) in [4.78, 5) is 0. The Kier molecular flexibility index (Phi) is 2.73. The molecule has 0 heterocycles. The molecular weight excluding hydrogens is 218 g/mol. The lowest BCUT2D eigenvalue weighted by molar-refractivity contribution is 1.51. The van der Waals surface area contributed by atoms with Gasteiger partial charge in [-0.15, -0.1) is 0 Å². The molecule has 0 bridgehead atoms. The first kappa shape index (κ1) is 10.8. The lowest BCUT2D eigenvalue weighted by atomic mass is 9.98. The molecule has 0 unspecified atom stereocenters. The second-order valence-corrected chi connectivity index (χ2v) is 4.36. The number of rotatable bonds is 2. The molecule has 1 nitrogen and oxygen atoms in total. The van der Waals surface area contributed by atoms with Crippen LogP contribution in [0.4, 0.5) is 5.69 Å². The van der Waals surface area contributed by atoms with Crippen molar-refractivity contribution in [3.8, 4) is 11.1 Å². The Morgan fingerprint density at radius 2 is 1.56 bits per heavy atom. The first-order valence-corrected chi connectivity index (χ1v) is 6.14. The summed E-state index contributed by atoms with van der Waals surface area (Å²) < 4.78 is 0. The Bertz CT molecular complexity index is 681. The molecular formula is C17H15N. The van der Waals surface area contributed by atoms with E-state index < -0.39 is 0 Å². The van der Waals surface area contributed by atoms with Crippen LogP contribution in [-0.2, 0) is 0 Å². The van der Waals surface area contributed by atoms with Crippen molar-refractivity contribution in [2.45, 2.75) is 0 Å². The molecule has 0 aromatic heterocycles. The van der Waals surface area contributed by atoms with Crippen molar-refractivity contribution in [2.24, 2.45) is 0 Å². The molecule has 0 atom stereocenters. The predicted octanol–water partition coefficient (Wildman–Crippen LogP) is 4.55. The summed E-state index contributed by atoms with van der Waals surface area (Å²) in [5.41, 5.74) is 3.67. The smallest absolute Gasteiger partial charge is 0.0343 e. The van der Waals surface area contributed by atoms with Gasteiger partial charge < -0.3 is 5.32 Å². The number of benzene rings is 3. The maximum Gasteiger partial charge on any atom is 0.0343 e. The highest BCUT2D eigenvalue weighted by atomic mass is 14.8. The fourth-order valence-corrected chi connectivity index (χ4v) is 2.32. The van der Waals surface area contributed by atoms with E-state index in [1.165, 1.54) is 21.9 Å². The van der Waals surface area contributed by atoms with Crippen LogP contribution in [0.3, 0.4) is 0 Å². The molecule has 88 valence electrons. The van der Waals surface area contributed by atoms with Gasteiger partial charge in [0.2, 0.25) is 0 Å². The summed E-state index contributed by atoms with van der Waals surface area (Å²) in [7, 11) is 1.95. The number of nitrogens with one attached hydrogen (secondary N) is 1. The Morgan fingerprint density at radius 1 is 0.778 bits per heavy atom. The molecule has 0 amide bonds. The van der Waals surface area contributed by atoms with Crippen molar-refractivity contribution < 1.29 is 0 Å². The van der Waals surface area contributed by atoms with E-state index in [0.29, 0.717) is 0 Å². The van der Waals surface area contributed by atoms with Gasteiger partial charge in [0.05, 0.1) is 0 Å². The van der Waals surface area contributed by atoms with Gasteiger partial charge in [-0.25, -0.2) is 0 Å². The molecule has 0 saturated heterocycles. The van der Waals surface area contributed by atoms with Gasteiger partial charge in [0, 0.05) is 12.7 Å². The third-order valence-electron chi connectivity index (χ3n) is 3.25. The molecule has 0 spiro atoms. The van der Waals surface area contributed by atoms with Crippen LogP contribution >= 0.6 is 0 Å². The highest BCUT2D eigenvalue weighted by Gasteiger charge is 2.03. The molecule has 3 rings (SSSR count). The molecule has 3 aromatic carbocycles. The summed E-state index contributed by atoms with van der Waals surface area (Å²) in [5.74, 6) is 0. The second-order valence-electron chi connectivity index (χ2n) is 4.36. The fourth-order valence-electron chi connectivity index (χ4n) is 2.32. The van der Waals surface area contributed by atoms with Crippen LogP contribution in [0.25, 0.3) is 21.9 Å². The number of fused-ring (bicyclic) bond motifs is 1. The fraction of sp³-hybridized carbons (Fsp3) is 0.0588. The highest BCUT2D eigenvalue weighted by molar-refractivity contribution is 5.96. The van der Waals surface area contributed by atoms with Crippen molar-refractivity contribution in [1.82, 2.24) is 0 Å². The zero-order chi connectivity index (χ0) is 12.4. The van der Waals surface area contributed by atoms with Gasteiger partial charge in [0.1, 0.15) is 0 Å². The molecule has 18 heavy (non-hydrogen) atoms. The first-order valence-electron chi connectivity index (χ1n) is 6.14. The van der Waals surface area contributed by atoms with E-state index in [4.69, 9.17) is 0 Å². The van der Waals surface area contributed by atoms with Crippen LogP contribution in [0.2, 0.25) is 0 Å². The Labute approximate surface area is 107 Å². The van der Waals surface area contributed by atoms with Crippen LogP contribution in [-0.4, -0.2) is 7.05 Å². The van der Waals surface area contributed by atoms with Crippen LogP contribution in [0.15, 0.2) is 66.7 Å². The van der Waals surface area contributed by atoms with E-state index >= 15 is 0 Å².